The number of rotatable bonds is 5. The summed E-state index contributed by atoms with van der Waals surface area (Å²) in [7, 11) is 0. The third-order valence-electron chi connectivity index (χ3n) is 6.83. The van der Waals surface area contributed by atoms with E-state index in [-0.39, 0.29) is 24.3 Å². The smallest absolute Gasteiger partial charge is 0.406 e. The lowest BCUT2D eigenvalue weighted by atomic mass is 9.99. The molecule has 4 rings (SSSR count). The Morgan fingerprint density at radius 1 is 1.15 bits per heavy atom. The van der Waals surface area contributed by atoms with Crippen molar-refractivity contribution >= 4 is 5.91 Å². The molecule has 1 amide bonds. The molecule has 6 nitrogen and oxygen atoms in total. The van der Waals surface area contributed by atoms with Gasteiger partial charge in [0.1, 0.15) is 5.75 Å². The number of aliphatic hydroxyl groups is 1. The van der Waals surface area contributed by atoms with Crippen LogP contribution in [0, 0.1) is 13.8 Å². The fourth-order valence-electron chi connectivity index (χ4n) is 5.25. The maximum atomic E-state index is 13.3. The number of amides is 1. The number of aryl methyl sites for hydroxylation is 2. The van der Waals surface area contributed by atoms with Gasteiger partial charge in [-0.05, 0) is 69.8 Å². The van der Waals surface area contributed by atoms with Gasteiger partial charge in [-0.1, -0.05) is 12.1 Å². The van der Waals surface area contributed by atoms with Gasteiger partial charge < -0.3 is 14.7 Å². The number of pyridine rings is 1. The normalized spacial score (nSPS) is 20.1. The van der Waals surface area contributed by atoms with Crippen molar-refractivity contribution < 1.29 is 27.8 Å². The second kappa shape index (κ2) is 9.92. The van der Waals surface area contributed by atoms with Crippen LogP contribution in [0.1, 0.15) is 47.3 Å². The monoisotopic (exact) mass is 477 g/mol. The molecule has 2 aliphatic rings. The summed E-state index contributed by atoms with van der Waals surface area (Å²) < 4.78 is 41.8. The van der Waals surface area contributed by atoms with E-state index in [0.29, 0.717) is 41.6 Å². The molecule has 1 aromatic carbocycles. The molecule has 0 saturated carbocycles. The van der Waals surface area contributed by atoms with Crippen LogP contribution in [0.4, 0.5) is 13.2 Å². The number of piperidine rings is 1. The average molecular weight is 478 g/mol. The van der Waals surface area contributed by atoms with E-state index in [1.165, 1.54) is 18.2 Å². The van der Waals surface area contributed by atoms with Gasteiger partial charge in [0.25, 0.3) is 5.91 Å². The highest BCUT2D eigenvalue weighted by atomic mass is 19.4. The Balaban J connectivity index is 1.47. The number of alkyl halides is 3. The summed E-state index contributed by atoms with van der Waals surface area (Å²) in [5.41, 5.74) is 2.79. The fraction of sp³-hybridized carbons (Fsp3) is 0.520. The van der Waals surface area contributed by atoms with Gasteiger partial charge in [-0.25, -0.2) is 0 Å². The molecule has 0 aliphatic carbocycles. The van der Waals surface area contributed by atoms with Gasteiger partial charge in [-0.15, -0.1) is 13.2 Å². The molecule has 2 aliphatic heterocycles. The number of aromatic nitrogens is 1. The van der Waals surface area contributed by atoms with E-state index >= 15 is 0 Å². The zero-order valence-electron chi connectivity index (χ0n) is 19.4. The van der Waals surface area contributed by atoms with Crippen LogP contribution in [0.3, 0.4) is 0 Å². The fourth-order valence-corrected chi connectivity index (χ4v) is 5.25. The minimum Gasteiger partial charge on any atom is -0.406 e. The van der Waals surface area contributed by atoms with E-state index in [0.717, 1.165) is 37.8 Å². The van der Waals surface area contributed by atoms with Crippen LogP contribution >= 0.6 is 0 Å². The molecular formula is C25H30F3N3O3. The average Bonchev–Trinajstić information content (AvgIpc) is 3.26. The molecule has 1 N–H and O–H groups in total. The number of halogens is 3. The zero-order chi connectivity index (χ0) is 24.5. The van der Waals surface area contributed by atoms with Crippen molar-refractivity contribution in [2.75, 3.05) is 26.2 Å². The van der Waals surface area contributed by atoms with Crippen molar-refractivity contribution in [2.45, 2.75) is 58.0 Å². The van der Waals surface area contributed by atoms with E-state index < -0.39 is 6.36 Å². The number of carbonyl (C=O) groups excluding carboxylic acids is 1. The summed E-state index contributed by atoms with van der Waals surface area (Å²) >= 11 is 0. The Morgan fingerprint density at radius 3 is 2.53 bits per heavy atom. The van der Waals surface area contributed by atoms with Crippen molar-refractivity contribution in [3.05, 3.63) is 47.2 Å². The minimum absolute atomic E-state index is 0.0678. The van der Waals surface area contributed by atoms with E-state index in [9.17, 15) is 23.1 Å². The number of carbonyl (C=O) groups is 1. The second-order valence-electron chi connectivity index (χ2n) is 9.10. The first-order chi connectivity index (χ1) is 16.2. The van der Waals surface area contributed by atoms with Gasteiger partial charge in [-0.2, -0.15) is 0 Å². The van der Waals surface area contributed by atoms with Crippen LogP contribution < -0.4 is 4.74 Å². The third-order valence-corrected chi connectivity index (χ3v) is 6.83. The second-order valence-corrected chi connectivity index (χ2v) is 9.10. The highest BCUT2D eigenvalue weighted by Crippen LogP contribution is 2.30. The lowest BCUT2D eigenvalue weighted by Gasteiger charge is -2.39. The number of hydrogen-bond donors (Lipinski definition) is 1. The standard InChI is InChI=1S/C25H30F3N3O3/c1-16-13-22(18-5-3-7-21(14-18)34-25(26,27)28)29-17(2)23(16)24(33)30-11-8-19(9-12-30)31-10-4-6-20(31)15-32/h3,5,7,13-14,19-20,32H,4,6,8-12,15H2,1-2H3/t20-/m0/s1. The zero-order valence-corrected chi connectivity index (χ0v) is 19.4. The number of aliphatic hydroxyl groups excluding tert-OH is 1. The first kappa shape index (κ1) is 24.5. The molecule has 9 heteroatoms. The van der Waals surface area contributed by atoms with Crippen LogP contribution in [0.25, 0.3) is 11.3 Å². The van der Waals surface area contributed by atoms with Gasteiger partial charge in [-0.3, -0.25) is 14.7 Å². The van der Waals surface area contributed by atoms with Crippen molar-refractivity contribution in [1.29, 1.82) is 0 Å². The quantitative estimate of drug-likeness (QED) is 0.695. The summed E-state index contributed by atoms with van der Waals surface area (Å²) in [6.45, 7) is 6.06. The minimum atomic E-state index is -4.77. The summed E-state index contributed by atoms with van der Waals surface area (Å²) in [6.07, 6.45) is -0.894. The molecule has 2 fully saturated rings. The summed E-state index contributed by atoms with van der Waals surface area (Å²) in [5, 5.41) is 9.62. The summed E-state index contributed by atoms with van der Waals surface area (Å²) in [6, 6.07) is 8.02. The largest absolute Gasteiger partial charge is 0.573 e. The molecule has 0 spiro atoms. The SMILES string of the molecule is Cc1cc(-c2cccc(OC(F)(F)F)c2)nc(C)c1C(=O)N1CCC(N2CCC[C@H]2CO)CC1. The lowest BCUT2D eigenvalue weighted by molar-refractivity contribution is -0.274. The predicted octanol–water partition coefficient (Wildman–Crippen LogP) is 4.33. The highest BCUT2D eigenvalue weighted by molar-refractivity contribution is 5.97. The molecule has 0 bridgehead atoms. The van der Waals surface area contributed by atoms with E-state index in [4.69, 9.17) is 0 Å². The Morgan fingerprint density at radius 2 is 1.88 bits per heavy atom. The topological polar surface area (TPSA) is 65.9 Å². The van der Waals surface area contributed by atoms with Gasteiger partial charge in [0.05, 0.1) is 23.6 Å². The molecular weight excluding hydrogens is 447 g/mol. The van der Waals surface area contributed by atoms with Gasteiger partial charge in [0.2, 0.25) is 0 Å². The lowest BCUT2D eigenvalue weighted by Crippen LogP contribution is -2.49. The maximum absolute atomic E-state index is 13.3. The van der Waals surface area contributed by atoms with Crippen LogP contribution in [0.15, 0.2) is 30.3 Å². The van der Waals surface area contributed by atoms with Gasteiger partial charge in [0.15, 0.2) is 0 Å². The number of nitrogens with zero attached hydrogens (tertiary/aromatic N) is 3. The molecule has 2 saturated heterocycles. The van der Waals surface area contributed by atoms with Crippen LogP contribution in [-0.2, 0) is 0 Å². The molecule has 1 aromatic heterocycles. The Kier molecular flexibility index (Phi) is 7.14. The molecule has 0 radical (unpaired) electrons. The first-order valence-electron chi connectivity index (χ1n) is 11.7. The molecule has 3 heterocycles. The van der Waals surface area contributed by atoms with Crippen LogP contribution in [-0.4, -0.2) is 70.5 Å². The number of benzene rings is 1. The predicted molar refractivity (Wildman–Crippen MR) is 122 cm³/mol. The Labute approximate surface area is 197 Å². The number of hydrogen-bond acceptors (Lipinski definition) is 5. The number of ether oxygens (including phenoxy) is 1. The summed E-state index contributed by atoms with van der Waals surface area (Å²) in [5.74, 6) is -0.381. The van der Waals surface area contributed by atoms with E-state index in [2.05, 4.69) is 14.6 Å². The van der Waals surface area contributed by atoms with Crippen molar-refractivity contribution in [3.63, 3.8) is 0 Å². The molecule has 184 valence electrons. The molecule has 1 atom stereocenters. The molecule has 0 unspecified atom stereocenters. The van der Waals surface area contributed by atoms with Crippen LogP contribution in [0.2, 0.25) is 0 Å². The Hall–Kier alpha value is -2.65. The number of likely N-dealkylation sites (tertiary alicyclic amines) is 2. The first-order valence-corrected chi connectivity index (χ1v) is 11.7. The van der Waals surface area contributed by atoms with E-state index in [1.54, 1.807) is 19.1 Å². The highest BCUT2D eigenvalue weighted by Gasteiger charge is 2.34. The maximum Gasteiger partial charge on any atom is 0.573 e. The van der Waals surface area contributed by atoms with Gasteiger partial charge >= 0.3 is 6.36 Å². The third kappa shape index (κ3) is 5.36. The van der Waals surface area contributed by atoms with Gasteiger partial charge in [0, 0.05) is 30.7 Å². The van der Waals surface area contributed by atoms with E-state index in [1.807, 2.05) is 11.8 Å². The summed E-state index contributed by atoms with van der Waals surface area (Å²) in [4.78, 5) is 22.1. The Bertz CT molecular complexity index is 1010. The van der Waals surface area contributed by atoms with Crippen molar-refractivity contribution in [3.8, 4) is 17.0 Å². The molecule has 34 heavy (non-hydrogen) atoms. The van der Waals surface area contributed by atoms with Crippen LogP contribution in [0.5, 0.6) is 5.75 Å². The van der Waals surface area contributed by atoms with Crippen molar-refractivity contribution in [1.82, 2.24) is 14.8 Å². The van der Waals surface area contributed by atoms with Crippen molar-refractivity contribution in [2.24, 2.45) is 0 Å². The molecule has 2 aromatic rings.